The van der Waals surface area contributed by atoms with Crippen molar-refractivity contribution < 1.29 is 22.3 Å². The number of nitrogens with zero attached hydrogens (tertiary/aromatic N) is 2. The van der Waals surface area contributed by atoms with Crippen LogP contribution in [0.25, 0.3) is 0 Å². The summed E-state index contributed by atoms with van der Waals surface area (Å²) in [7, 11) is -1.09. The average Bonchev–Trinajstić information content (AvgIpc) is 3.12. The van der Waals surface area contributed by atoms with Crippen molar-refractivity contribution in [2.24, 2.45) is 0 Å². The standard InChI is InChI=1S/C18H19N3O5S/c1-12-19-20-18(26-12)17(13-7-5-4-6-8-13)21-27(22,23)16-10-9-14(24-2)11-15(16)25-3/h4-11,17,21H,1-3H3. The van der Waals surface area contributed by atoms with E-state index in [4.69, 9.17) is 13.9 Å². The van der Waals surface area contributed by atoms with E-state index < -0.39 is 16.1 Å². The number of methoxy groups -OCH3 is 2. The van der Waals surface area contributed by atoms with E-state index in [1.807, 2.05) is 6.07 Å². The normalized spacial score (nSPS) is 12.6. The molecule has 2 aromatic carbocycles. The molecule has 0 bridgehead atoms. The van der Waals surface area contributed by atoms with Crippen molar-refractivity contribution in [3.8, 4) is 11.5 Å². The molecule has 3 rings (SSSR count). The third-order valence-electron chi connectivity index (χ3n) is 3.85. The highest BCUT2D eigenvalue weighted by molar-refractivity contribution is 7.89. The van der Waals surface area contributed by atoms with Crippen LogP contribution in [0.15, 0.2) is 57.8 Å². The molecule has 3 aromatic rings. The molecule has 0 radical (unpaired) electrons. The fourth-order valence-corrected chi connectivity index (χ4v) is 3.88. The molecule has 1 aromatic heterocycles. The molecule has 8 nitrogen and oxygen atoms in total. The molecule has 0 spiro atoms. The van der Waals surface area contributed by atoms with Crippen LogP contribution in [0.5, 0.6) is 11.5 Å². The summed E-state index contributed by atoms with van der Waals surface area (Å²) in [6, 6.07) is 12.6. The fraction of sp³-hybridized carbons (Fsp3) is 0.222. The molecule has 0 saturated carbocycles. The first kappa shape index (κ1) is 18.9. The number of ether oxygens (including phenoxy) is 2. The summed E-state index contributed by atoms with van der Waals surface area (Å²) in [6.07, 6.45) is 0. The number of aromatic nitrogens is 2. The van der Waals surface area contributed by atoms with E-state index in [9.17, 15) is 8.42 Å². The Morgan fingerprint density at radius 3 is 2.37 bits per heavy atom. The number of benzene rings is 2. The highest BCUT2D eigenvalue weighted by atomic mass is 32.2. The predicted molar refractivity (Wildman–Crippen MR) is 97.2 cm³/mol. The van der Waals surface area contributed by atoms with Crippen molar-refractivity contribution in [1.29, 1.82) is 0 Å². The van der Waals surface area contributed by atoms with Gasteiger partial charge in [-0.3, -0.25) is 0 Å². The highest BCUT2D eigenvalue weighted by Crippen LogP contribution is 2.30. The summed E-state index contributed by atoms with van der Waals surface area (Å²) in [5, 5.41) is 7.77. The minimum atomic E-state index is -3.97. The van der Waals surface area contributed by atoms with Gasteiger partial charge >= 0.3 is 0 Å². The number of rotatable bonds is 7. The minimum Gasteiger partial charge on any atom is -0.497 e. The monoisotopic (exact) mass is 389 g/mol. The number of nitrogens with one attached hydrogen (secondary N) is 1. The first-order valence-electron chi connectivity index (χ1n) is 8.04. The molecule has 1 unspecified atom stereocenters. The maximum atomic E-state index is 13.1. The van der Waals surface area contributed by atoms with E-state index in [0.29, 0.717) is 17.2 Å². The molecule has 0 amide bonds. The molecule has 0 aliphatic rings. The second-order valence-corrected chi connectivity index (χ2v) is 7.32. The molecule has 1 atom stereocenters. The lowest BCUT2D eigenvalue weighted by atomic mass is 10.1. The number of hydrogen-bond acceptors (Lipinski definition) is 7. The Morgan fingerprint density at radius 1 is 1.04 bits per heavy atom. The van der Waals surface area contributed by atoms with E-state index in [-0.39, 0.29) is 16.5 Å². The number of sulfonamides is 1. The van der Waals surface area contributed by atoms with Crippen LogP contribution < -0.4 is 14.2 Å². The lowest BCUT2D eigenvalue weighted by Gasteiger charge is -2.17. The zero-order valence-electron chi connectivity index (χ0n) is 15.0. The van der Waals surface area contributed by atoms with Gasteiger partial charge in [0.2, 0.25) is 21.8 Å². The Bertz CT molecular complexity index is 1020. The number of aryl methyl sites for hydroxylation is 1. The molecule has 1 N–H and O–H groups in total. The van der Waals surface area contributed by atoms with Crippen LogP contribution in [0, 0.1) is 6.92 Å². The Labute approximate surface area is 157 Å². The zero-order chi connectivity index (χ0) is 19.4. The summed E-state index contributed by atoms with van der Waals surface area (Å²) in [4.78, 5) is -0.0250. The van der Waals surface area contributed by atoms with E-state index in [2.05, 4.69) is 14.9 Å². The molecule has 9 heteroatoms. The van der Waals surface area contributed by atoms with Gasteiger partial charge in [-0.1, -0.05) is 30.3 Å². The Kier molecular flexibility index (Phi) is 5.43. The Balaban J connectivity index is 2.03. The first-order chi connectivity index (χ1) is 12.9. The maximum Gasteiger partial charge on any atom is 0.245 e. The summed E-state index contributed by atoms with van der Waals surface area (Å²) in [5.41, 5.74) is 0.664. The van der Waals surface area contributed by atoms with Crippen LogP contribution in [-0.2, 0) is 10.0 Å². The van der Waals surface area contributed by atoms with Crippen LogP contribution in [0.4, 0.5) is 0 Å². The van der Waals surface area contributed by atoms with E-state index in [0.717, 1.165) is 0 Å². The summed E-state index contributed by atoms with van der Waals surface area (Å²) >= 11 is 0. The Hall–Kier alpha value is -2.91. The molecular weight excluding hydrogens is 370 g/mol. The van der Waals surface area contributed by atoms with Gasteiger partial charge in [0.1, 0.15) is 22.4 Å². The number of hydrogen-bond donors (Lipinski definition) is 1. The van der Waals surface area contributed by atoms with Gasteiger partial charge in [-0.15, -0.1) is 10.2 Å². The molecular formula is C18H19N3O5S. The van der Waals surface area contributed by atoms with Crippen LogP contribution in [0.1, 0.15) is 23.4 Å². The largest absolute Gasteiger partial charge is 0.497 e. The first-order valence-corrected chi connectivity index (χ1v) is 9.52. The maximum absolute atomic E-state index is 13.1. The van der Waals surface area contributed by atoms with Crippen LogP contribution >= 0.6 is 0 Å². The lowest BCUT2D eigenvalue weighted by Crippen LogP contribution is -2.30. The van der Waals surface area contributed by atoms with Gasteiger partial charge in [-0.2, -0.15) is 4.72 Å². The second-order valence-electron chi connectivity index (χ2n) is 5.64. The molecule has 0 saturated heterocycles. The fourth-order valence-electron chi connectivity index (χ4n) is 2.55. The Morgan fingerprint density at radius 2 is 1.78 bits per heavy atom. The van der Waals surface area contributed by atoms with Crippen LogP contribution in [0.3, 0.4) is 0 Å². The molecule has 27 heavy (non-hydrogen) atoms. The second kappa shape index (κ2) is 7.77. The quantitative estimate of drug-likeness (QED) is 0.662. The smallest absolute Gasteiger partial charge is 0.245 e. The molecule has 0 aliphatic carbocycles. The zero-order valence-corrected chi connectivity index (χ0v) is 15.9. The lowest BCUT2D eigenvalue weighted by molar-refractivity contribution is 0.385. The van der Waals surface area contributed by atoms with Gasteiger partial charge in [0, 0.05) is 13.0 Å². The van der Waals surface area contributed by atoms with Crippen LogP contribution in [-0.4, -0.2) is 32.8 Å². The van der Waals surface area contributed by atoms with Gasteiger partial charge in [0.25, 0.3) is 0 Å². The summed E-state index contributed by atoms with van der Waals surface area (Å²) < 4.78 is 44.5. The summed E-state index contributed by atoms with van der Waals surface area (Å²) in [5.74, 6) is 1.13. The molecule has 142 valence electrons. The topological polar surface area (TPSA) is 104 Å². The van der Waals surface area contributed by atoms with Crippen molar-refractivity contribution in [2.75, 3.05) is 14.2 Å². The third-order valence-corrected chi connectivity index (χ3v) is 5.32. The van der Waals surface area contributed by atoms with Gasteiger partial charge in [0.05, 0.1) is 14.2 Å². The van der Waals surface area contributed by atoms with Gasteiger partial charge in [-0.25, -0.2) is 8.42 Å². The van der Waals surface area contributed by atoms with Crippen molar-refractivity contribution in [2.45, 2.75) is 17.9 Å². The minimum absolute atomic E-state index is 0.0250. The van der Waals surface area contributed by atoms with Crippen molar-refractivity contribution in [3.63, 3.8) is 0 Å². The average molecular weight is 389 g/mol. The summed E-state index contributed by atoms with van der Waals surface area (Å²) in [6.45, 7) is 1.64. The van der Waals surface area contributed by atoms with E-state index in [1.165, 1.54) is 26.4 Å². The van der Waals surface area contributed by atoms with E-state index >= 15 is 0 Å². The molecule has 1 heterocycles. The van der Waals surface area contributed by atoms with Gasteiger partial charge in [0.15, 0.2) is 0 Å². The van der Waals surface area contributed by atoms with Crippen molar-refractivity contribution >= 4 is 10.0 Å². The third kappa shape index (κ3) is 4.09. The highest BCUT2D eigenvalue weighted by Gasteiger charge is 2.29. The SMILES string of the molecule is COc1ccc(S(=O)(=O)NC(c2ccccc2)c2nnc(C)o2)c(OC)c1. The van der Waals surface area contributed by atoms with Crippen molar-refractivity contribution in [3.05, 3.63) is 65.9 Å². The van der Waals surface area contributed by atoms with E-state index in [1.54, 1.807) is 37.3 Å². The van der Waals surface area contributed by atoms with Crippen molar-refractivity contribution in [1.82, 2.24) is 14.9 Å². The van der Waals surface area contributed by atoms with Gasteiger partial charge < -0.3 is 13.9 Å². The molecule has 0 fully saturated rings. The van der Waals surface area contributed by atoms with Crippen LogP contribution in [0.2, 0.25) is 0 Å². The van der Waals surface area contributed by atoms with Gasteiger partial charge in [-0.05, 0) is 17.7 Å². The molecule has 0 aliphatic heterocycles. The predicted octanol–water partition coefficient (Wildman–Crippen LogP) is 2.46.